The number of rotatable bonds is 6. The average Bonchev–Trinajstić information content (AvgIpc) is 3.43. The van der Waals surface area contributed by atoms with Gasteiger partial charge in [-0.1, -0.05) is 0 Å². The second-order valence-corrected chi connectivity index (χ2v) is 7.87. The predicted octanol–water partition coefficient (Wildman–Crippen LogP) is 2.60. The number of fused-ring (bicyclic) bond motifs is 1. The lowest BCUT2D eigenvalue weighted by Crippen LogP contribution is -2.28. The lowest BCUT2D eigenvalue weighted by molar-refractivity contribution is 0.0600. The largest absolute Gasteiger partial charge is 0.465 e. The molecular formula is C21H25N7O2. The smallest absolute Gasteiger partial charge is 0.339 e. The average molecular weight is 407 g/mol. The van der Waals surface area contributed by atoms with Crippen molar-refractivity contribution in [3.63, 3.8) is 0 Å². The zero-order valence-electron chi connectivity index (χ0n) is 17.2. The van der Waals surface area contributed by atoms with Gasteiger partial charge < -0.3 is 15.0 Å². The van der Waals surface area contributed by atoms with E-state index in [4.69, 9.17) is 14.7 Å². The highest BCUT2D eigenvalue weighted by Gasteiger charge is 2.29. The van der Waals surface area contributed by atoms with E-state index in [2.05, 4.69) is 27.1 Å². The van der Waals surface area contributed by atoms with Crippen LogP contribution in [0.2, 0.25) is 0 Å². The van der Waals surface area contributed by atoms with Crippen LogP contribution in [0.15, 0.2) is 24.5 Å². The van der Waals surface area contributed by atoms with Gasteiger partial charge in [-0.05, 0) is 38.3 Å². The molecule has 0 aromatic carbocycles. The number of carbonyl (C=O) groups excluding carboxylic acids is 1. The van der Waals surface area contributed by atoms with Crippen molar-refractivity contribution in [2.24, 2.45) is 0 Å². The van der Waals surface area contributed by atoms with Gasteiger partial charge in [0.2, 0.25) is 11.9 Å². The van der Waals surface area contributed by atoms with Gasteiger partial charge in [-0.3, -0.25) is 4.57 Å². The summed E-state index contributed by atoms with van der Waals surface area (Å²) in [4.78, 5) is 32.4. The Morgan fingerprint density at radius 2 is 2.13 bits per heavy atom. The number of imidazole rings is 1. The second-order valence-electron chi connectivity index (χ2n) is 7.87. The lowest BCUT2D eigenvalue weighted by atomic mass is 10.3. The quantitative estimate of drug-likeness (QED) is 0.623. The molecule has 0 amide bonds. The van der Waals surface area contributed by atoms with Crippen LogP contribution >= 0.6 is 0 Å². The van der Waals surface area contributed by atoms with Crippen LogP contribution < -0.4 is 10.2 Å². The van der Waals surface area contributed by atoms with Crippen LogP contribution in [0.1, 0.15) is 48.2 Å². The van der Waals surface area contributed by atoms with Crippen molar-refractivity contribution < 1.29 is 9.53 Å². The summed E-state index contributed by atoms with van der Waals surface area (Å²) in [5.74, 6) is 1.79. The van der Waals surface area contributed by atoms with Gasteiger partial charge in [0.1, 0.15) is 5.52 Å². The van der Waals surface area contributed by atoms with Gasteiger partial charge in [0.15, 0.2) is 5.65 Å². The second kappa shape index (κ2) is 7.55. The Labute approximate surface area is 174 Å². The van der Waals surface area contributed by atoms with E-state index in [1.807, 2.05) is 16.8 Å². The lowest BCUT2D eigenvalue weighted by Gasteiger charge is -2.18. The Balaban J connectivity index is 1.34. The van der Waals surface area contributed by atoms with Crippen LogP contribution in [0.4, 0.5) is 11.9 Å². The molecule has 1 saturated heterocycles. The summed E-state index contributed by atoms with van der Waals surface area (Å²) in [6.45, 7) is 4.51. The number of aromatic nitrogens is 5. The van der Waals surface area contributed by atoms with Crippen LogP contribution in [-0.2, 0) is 11.3 Å². The molecule has 30 heavy (non-hydrogen) atoms. The fourth-order valence-electron chi connectivity index (χ4n) is 4.01. The van der Waals surface area contributed by atoms with E-state index in [0.29, 0.717) is 17.0 Å². The van der Waals surface area contributed by atoms with Gasteiger partial charge in [-0.15, -0.1) is 0 Å². The first-order valence-electron chi connectivity index (χ1n) is 10.4. The highest BCUT2D eigenvalue weighted by molar-refractivity contribution is 5.92. The number of nitrogens with zero attached hydrogens (tertiary/aromatic N) is 6. The number of hydrogen-bond acceptors (Lipinski definition) is 8. The molecule has 1 aliphatic heterocycles. The summed E-state index contributed by atoms with van der Waals surface area (Å²) in [6.07, 6.45) is 6.86. The number of esters is 1. The zero-order valence-corrected chi connectivity index (χ0v) is 17.2. The molecule has 9 heteroatoms. The third-order valence-electron chi connectivity index (χ3n) is 5.79. The maximum absolute atomic E-state index is 11.8. The molecule has 2 aliphatic rings. The highest BCUT2D eigenvalue weighted by atomic mass is 16.5. The number of carbonyl (C=O) groups is 1. The minimum atomic E-state index is -0.412. The predicted molar refractivity (Wildman–Crippen MR) is 113 cm³/mol. The van der Waals surface area contributed by atoms with Crippen LogP contribution in [0.25, 0.3) is 11.2 Å². The van der Waals surface area contributed by atoms with Crippen LogP contribution in [-0.4, -0.2) is 56.7 Å². The third kappa shape index (κ3) is 3.44. The number of anilines is 2. The van der Waals surface area contributed by atoms with E-state index < -0.39 is 5.97 Å². The Kier molecular flexibility index (Phi) is 4.72. The fraction of sp³-hybridized carbons (Fsp3) is 0.476. The van der Waals surface area contributed by atoms with Crippen molar-refractivity contribution in [1.82, 2.24) is 24.5 Å². The molecule has 156 valence electrons. The number of methoxy groups -OCH3 is 1. The molecule has 1 N–H and O–H groups in total. The van der Waals surface area contributed by atoms with E-state index >= 15 is 0 Å². The molecule has 5 rings (SSSR count). The van der Waals surface area contributed by atoms with Crippen molar-refractivity contribution in [2.75, 3.05) is 30.4 Å². The van der Waals surface area contributed by atoms with Gasteiger partial charge in [-0.25, -0.2) is 24.7 Å². The van der Waals surface area contributed by atoms with Crippen LogP contribution in [0.5, 0.6) is 0 Å². The summed E-state index contributed by atoms with van der Waals surface area (Å²) in [7, 11) is 1.36. The Morgan fingerprint density at radius 1 is 1.27 bits per heavy atom. The number of aryl methyl sites for hydroxylation is 1. The monoisotopic (exact) mass is 407 g/mol. The molecule has 0 spiro atoms. The van der Waals surface area contributed by atoms with Crippen LogP contribution in [0.3, 0.4) is 0 Å². The maximum Gasteiger partial charge on any atom is 0.339 e. The van der Waals surface area contributed by atoms with Crippen molar-refractivity contribution >= 4 is 29.0 Å². The van der Waals surface area contributed by atoms with Crippen molar-refractivity contribution in [2.45, 2.75) is 44.7 Å². The fourth-order valence-corrected chi connectivity index (χ4v) is 4.01. The standard InChI is InChI=1S/C21H25N7O2/c1-3-28-18-17(10-14(11-23-18)19(29)30-2)26-21(28)24-15-7-9-27(12-15)20-22-8-6-16(25-20)13-4-5-13/h6,8,10-11,13,15H,3-5,7,9,12H2,1-2H3,(H,24,26). The Bertz CT molecular complexity index is 1090. The summed E-state index contributed by atoms with van der Waals surface area (Å²) in [5, 5.41) is 3.56. The minimum Gasteiger partial charge on any atom is -0.465 e. The Hall–Kier alpha value is -3.23. The van der Waals surface area contributed by atoms with E-state index in [1.54, 1.807) is 6.07 Å². The van der Waals surface area contributed by atoms with Crippen molar-refractivity contribution in [3.05, 3.63) is 35.8 Å². The molecule has 2 fully saturated rings. The molecule has 3 aromatic heterocycles. The maximum atomic E-state index is 11.8. The van der Waals surface area contributed by atoms with E-state index in [-0.39, 0.29) is 6.04 Å². The van der Waals surface area contributed by atoms with Crippen molar-refractivity contribution in [3.8, 4) is 0 Å². The molecule has 0 radical (unpaired) electrons. The summed E-state index contributed by atoms with van der Waals surface area (Å²) in [5.41, 5.74) is 2.99. The first-order valence-corrected chi connectivity index (χ1v) is 10.4. The molecule has 1 atom stereocenters. The van der Waals surface area contributed by atoms with E-state index in [1.165, 1.54) is 26.1 Å². The van der Waals surface area contributed by atoms with E-state index in [0.717, 1.165) is 49.3 Å². The summed E-state index contributed by atoms with van der Waals surface area (Å²) < 4.78 is 6.82. The molecule has 4 heterocycles. The van der Waals surface area contributed by atoms with Gasteiger partial charge >= 0.3 is 5.97 Å². The zero-order chi connectivity index (χ0) is 20.7. The number of pyridine rings is 1. The molecule has 1 saturated carbocycles. The molecular weight excluding hydrogens is 382 g/mol. The molecule has 3 aromatic rings. The Morgan fingerprint density at radius 3 is 2.90 bits per heavy atom. The number of hydrogen-bond donors (Lipinski definition) is 1. The summed E-state index contributed by atoms with van der Waals surface area (Å²) in [6, 6.07) is 4.00. The van der Waals surface area contributed by atoms with Gasteiger partial charge in [-0.2, -0.15) is 0 Å². The molecule has 1 aliphatic carbocycles. The summed E-state index contributed by atoms with van der Waals surface area (Å²) >= 11 is 0. The van der Waals surface area contributed by atoms with Gasteiger partial charge in [0, 0.05) is 49.7 Å². The third-order valence-corrected chi connectivity index (χ3v) is 5.79. The topological polar surface area (TPSA) is 98.1 Å². The number of nitrogens with one attached hydrogen (secondary N) is 1. The molecule has 9 nitrogen and oxygen atoms in total. The first-order chi connectivity index (χ1) is 14.7. The highest BCUT2D eigenvalue weighted by Crippen LogP contribution is 2.39. The minimum absolute atomic E-state index is 0.236. The molecule has 1 unspecified atom stereocenters. The van der Waals surface area contributed by atoms with Crippen molar-refractivity contribution in [1.29, 1.82) is 0 Å². The normalized spacial score (nSPS) is 18.7. The molecule has 0 bridgehead atoms. The van der Waals surface area contributed by atoms with Gasteiger partial charge in [0.05, 0.1) is 12.7 Å². The van der Waals surface area contributed by atoms with E-state index in [9.17, 15) is 4.79 Å². The van der Waals surface area contributed by atoms with Crippen LogP contribution in [0, 0.1) is 0 Å². The SMILES string of the molecule is CCn1c(NC2CCN(c3nccc(C4CC4)n3)C2)nc2cc(C(=O)OC)cnc21. The number of ether oxygens (including phenoxy) is 1. The first kappa shape index (κ1) is 18.8. The van der Waals surface area contributed by atoms with Gasteiger partial charge in [0.25, 0.3) is 0 Å².